The number of hydrogen-bond donors (Lipinski definition) is 2. The van der Waals surface area contributed by atoms with Gasteiger partial charge >= 0.3 is 5.97 Å². The topological polar surface area (TPSA) is 108 Å². The number of thioether (sulfide) groups is 1. The Labute approximate surface area is 137 Å². The van der Waals surface area contributed by atoms with Crippen LogP contribution >= 0.6 is 11.8 Å². The van der Waals surface area contributed by atoms with Gasteiger partial charge in [-0.05, 0) is 12.1 Å². The molecule has 1 heterocycles. The van der Waals surface area contributed by atoms with Crippen molar-refractivity contribution < 1.29 is 19.1 Å². The number of carbonyl (C=O) groups is 3. The molecule has 0 aromatic heterocycles. The number of nitriles is 1. The second-order valence-corrected chi connectivity index (χ2v) is 5.96. The van der Waals surface area contributed by atoms with Crippen LogP contribution in [0.3, 0.4) is 0 Å². The van der Waals surface area contributed by atoms with Gasteiger partial charge in [-0.25, -0.2) is 0 Å². The van der Waals surface area contributed by atoms with Gasteiger partial charge in [-0.1, -0.05) is 12.1 Å². The van der Waals surface area contributed by atoms with Gasteiger partial charge in [-0.3, -0.25) is 14.4 Å². The first kappa shape index (κ1) is 16.8. The van der Waals surface area contributed by atoms with Crippen molar-refractivity contribution in [1.29, 1.82) is 5.26 Å². The smallest absolute Gasteiger partial charge is 0.307 e. The lowest BCUT2D eigenvalue weighted by Crippen LogP contribution is -2.33. The Kier molecular flexibility index (Phi) is 6.00. The molecule has 1 aromatic carbocycles. The molecule has 2 rings (SSSR count). The van der Waals surface area contributed by atoms with E-state index in [-0.39, 0.29) is 25.3 Å². The Bertz CT molecular complexity index is 656. The van der Waals surface area contributed by atoms with Crippen molar-refractivity contribution >= 4 is 35.2 Å². The number of nitrogens with one attached hydrogen (secondary N) is 2. The fourth-order valence-electron chi connectivity index (χ4n) is 1.89. The molecule has 0 aliphatic carbocycles. The highest BCUT2D eigenvalue weighted by Crippen LogP contribution is 2.36. The van der Waals surface area contributed by atoms with Gasteiger partial charge in [0, 0.05) is 11.4 Å². The average Bonchev–Trinajstić information content (AvgIpc) is 2.54. The molecule has 23 heavy (non-hydrogen) atoms. The molecule has 7 nitrogen and oxygen atoms in total. The van der Waals surface area contributed by atoms with Crippen LogP contribution < -0.4 is 10.6 Å². The van der Waals surface area contributed by atoms with Gasteiger partial charge in [0.15, 0.2) is 6.61 Å². The fraction of sp³-hybridized carbons (Fsp3) is 0.333. The minimum absolute atomic E-state index is 0.115. The van der Waals surface area contributed by atoms with E-state index >= 15 is 0 Å². The summed E-state index contributed by atoms with van der Waals surface area (Å²) in [5.41, 5.74) is 0.726. The van der Waals surface area contributed by atoms with Gasteiger partial charge in [0.25, 0.3) is 5.91 Å². The normalized spacial score (nSPS) is 15.8. The maximum absolute atomic E-state index is 12.0. The number of rotatable bonds is 6. The minimum atomic E-state index is -0.618. The summed E-state index contributed by atoms with van der Waals surface area (Å²) in [6, 6.07) is 9.21. The quantitative estimate of drug-likeness (QED) is 0.595. The van der Waals surface area contributed by atoms with Crippen LogP contribution in [-0.4, -0.2) is 36.2 Å². The van der Waals surface area contributed by atoms with Crippen LogP contribution in [0.15, 0.2) is 29.2 Å². The van der Waals surface area contributed by atoms with Crippen molar-refractivity contribution in [3.63, 3.8) is 0 Å². The first-order valence-electron chi connectivity index (χ1n) is 6.96. The van der Waals surface area contributed by atoms with Gasteiger partial charge in [0.05, 0.1) is 29.8 Å². The van der Waals surface area contributed by atoms with Crippen LogP contribution in [0, 0.1) is 11.3 Å². The summed E-state index contributed by atoms with van der Waals surface area (Å²) < 4.78 is 4.85. The summed E-state index contributed by atoms with van der Waals surface area (Å²) in [6.45, 7) is -0.204. The van der Waals surface area contributed by atoms with E-state index in [9.17, 15) is 14.4 Å². The van der Waals surface area contributed by atoms with E-state index in [0.29, 0.717) is 0 Å². The van der Waals surface area contributed by atoms with Gasteiger partial charge in [-0.2, -0.15) is 5.26 Å². The standard InChI is InChI=1S/C15H15N3O4S/c16-6-3-7-17-13(19)9-22-14(20)8-12-15(21)18-10-4-1-2-5-11(10)23-12/h1-2,4-5,12H,3,7-9H2,(H,17,19)(H,18,21)/t12-/m0/s1. The van der Waals surface area contributed by atoms with E-state index in [1.807, 2.05) is 24.3 Å². The van der Waals surface area contributed by atoms with Crippen LogP contribution in [0.5, 0.6) is 0 Å². The van der Waals surface area contributed by atoms with E-state index in [1.165, 1.54) is 11.8 Å². The fourth-order valence-corrected chi connectivity index (χ4v) is 2.99. The Morgan fingerprint density at radius 3 is 2.96 bits per heavy atom. The second-order valence-electron chi connectivity index (χ2n) is 4.71. The predicted octanol–water partition coefficient (Wildman–Crippen LogP) is 1.06. The predicted molar refractivity (Wildman–Crippen MR) is 83.5 cm³/mol. The molecule has 0 bridgehead atoms. The van der Waals surface area contributed by atoms with E-state index in [0.717, 1.165) is 10.6 Å². The molecule has 1 aromatic rings. The Balaban J connectivity index is 1.79. The molecule has 120 valence electrons. The zero-order valence-corrected chi connectivity index (χ0v) is 13.0. The van der Waals surface area contributed by atoms with Gasteiger partial charge in [0.1, 0.15) is 0 Å². The van der Waals surface area contributed by atoms with Crippen LogP contribution in [0.4, 0.5) is 5.69 Å². The van der Waals surface area contributed by atoms with Gasteiger partial charge in [0.2, 0.25) is 5.91 Å². The first-order valence-corrected chi connectivity index (χ1v) is 7.84. The molecule has 0 radical (unpaired) electrons. The zero-order chi connectivity index (χ0) is 16.7. The molecule has 8 heteroatoms. The lowest BCUT2D eigenvalue weighted by molar-refractivity contribution is -0.148. The number of para-hydroxylation sites is 1. The summed E-state index contributed by atoms with van der Waals surface area (Å²) in [5.74, 6) is -1.35. The molecule has 0 saturated heterocycles. The molecule has 0 saturated carbocycles. The number of carbonyl (C=O) groups excluding carboxylic acids is 3. The summed E-state index contributed by atoms with van der Waals surface area (Å²) in [5, 5.41) is 12.9. The average molecular weight is 333 g/mol. The number of hydrogen-bond acceptors (Lipinski definition) is 6. The maximum Gasteiger partial charge on any atom is 0.307 e. The number of anilines is 1. The van der Waals surface area contributed by atoms with E-state index in [2.05, 4.69) is 10.6 Å². The van der Waals surface area contributed by atoms with Crippen molar-refractivity contribution in [3.8, 4) is 6.07 Å². The number of nitrogens with zero attached hydrogens (tertiary/aromatic N) is 1. The number of fused-ring (bicyclic) bond motifs is 1. The van der Waals surface area contributed by atoms with Crippen molar-refractivity contribution in [2.75, 3.05) is 18.5 Å². The lowest BCUT2D eigenvalue weighted by atomic mass is 10.2. The second kappa shape index (κ2) is 8.19. The van der Waals surface area contributed by atoms with E-state index in [1.54, 1.807) is 6.07 Å². The van der Waals surface area contributed by atoms with Crippen molar-refractivity contribution in [2.45, 2.75) is 23.0 Å². The minimum Gasteiger partial charge on any atom is -0.456 e. The number of benzene rings is 1. The molecule has 0 unspecified atom stereocenters. The summed E-state index contributed by atoms with van der Waals surface area (Å²) in [7, 11) is 0. The SMILES string of the molecule is N#CCCNC(=O)COC(=O)C[C@@H]1Sc2ccccc2NC1=O. The third-order valence-corrected chi connectivity index (χ3v) is 4.26. The Hall–Kier alpha value is -2.53. The number of esters is 1. The highest BCUT2D eigenvalue weighted by molar-refractivity contribution is 8.01. The molecular weight excluding hydrogens is 318 g/mol. The first-order chi connectivity index (χ1) is 11.1. The Morgan fingerprint density at radius 2 is 2.17 bits per heavy atom. The van der Waals surface area contributed by atoms with Crippen LogP contribution in [0.2, 0.25) is 0 Å². The molecule has 1 aliphatic heterocycles. The van der Waals surface area contributed by atoms with E-state index < -0.39 is 23.7 Å². The maximum atomic E-state index is 12.0. The molecule has 2 amide bonds. The molecule has 0 fully saturated rings. The van der Waals surface area contributed by atoms with Gasteiger partial charge in [-0.15, -0.1) is 11.8 Å². The van der Waals surface area contributed by atoms with Crippen LogP contribution in [0.1, 0.15) is 12.8 Å². The largest absolute Gasteiger partial charge is 0.456 e. The summed E-state index contributed by atoms with van der Waals surface area (Å²) in [4.78, 5) is 36.0. The monoisotopic (exact) mass is 333 g/mol. The highest BCUT2D eigenvalue weighted by atomic mass is 32.2. The van der Waals surface area contributed by atoms with Crippen molar-refractivity contribution in [3.05, 3.63) is 24.3 Å². The molecule has 0 spiro atoms. The summed E-state index contributed by atoms with van der Waals surface area (Å²) in [6.07, 6.45) is 0.0777. The molecule has 1 atom stereocenters. The zero-order valence-electron chi connectivity index (χ0n) is 12.2. The van der Waals surface area contributed by atoms with Gasteiger partial charge < -0.3 is 15.4 Å². The summed E-state index contributed by atoms with van der Waals surface area (Å²) >= 11 is 1.30. The third kappa shape index (κ3) is 5.00. The van der Waals surface area contributed by atoms with Crippen LogP contribution in [-0.2, 0) is 19.1 Å². The molecular formula is C15H15N3O4S. The third-order valence-electron chi connectivity index (χ3n) is 2.98. The Morgan fingerprint density at radius 1 is 1.39 bits per heavy atom. The molecule has 1 aliphatic rings. The van der Waals surface area contributed by atoms with E-state index in [4.69, 9.17) is 10.00 Å². The van der Waals surface area contributed by atoms with Crippen molar-refractivity contribution in [1.82, 2.24) is 5.32 Å². The molecule has 2 N–H and O–H groups in total. The number of ether oxygens (including phenoxy) is 1. The number of amides is 2. The lowest BCUT2D eigenvalue weighted by Gasteiger charge is -2.23. The highest BCUT2D eigenvalue weighted by Gasteiger charge is 2.29. The van der Waals surface area contributed by atoms with Crippen molar-refractivity contribution in [2.24, 2.45) is 0 Å². The van der Waals surface area contributed by atoms with Crippen LogP contribution in [0.25, 0.3) is 0 Å².